The fraction of sp³-hybridized carbons (Fsp3) is 0.625. The molecule has 0 unspecified atom stereocenters. The largest absolute Gasteiger partial charge is 0.493 e. The van der Waals surface area contributed by atoms with E-state index < -0.39 is 0 Å². The van der Waals surface area contributed by atoms with Gasteiger partial charge in [0.2, 0.25) is 0 Å². The predicted molar refractivity (Wildman–Crippen MR) is 85.0 cm³/mol. The van der Waals surface area contributed by atoms with Crippen molar-refractivity contribution in [2.75, 3.05) is 14.2 Å². The number of rotatable bonds is 8. The highest BCUT2D eigenvalue weighted by atomic mass is 35.5. The molecule has 0 saturated heterocycles. The van der Waals surface area contributed by atoms with Crippen molar-refractivity contribution in [2.45, 2.75) is 52.1 Å². The number of benzene rings is 1. The van der Waals surface area contributed by atoms with Crippen LogP contribution in [0.4, 0.5) is 0 Å². The molecule has 0 spiro atoms. The maximum atomic E-state index is 6.23. The van der Waals surface area contributed by atoms with Gasteiger partial charge in [0.15, 0.2) is 11.5 Å². The number of hydrogen-bond donors (Lipinski definition) is 1. The third kappa shape index (κ3) is 3.80. The standard InChI is InChI=1S/C16H26ClNO2/c1-6-16(7-2,8-3)18-11-12-9-13(17)15(20-5)14(10-12)19-4/h9-10,18H,6-8,11H2,1-5H3. The summed E-state index contributed by atoms with van der Waals surface area (Å²) in [6.07, 6.45) is 3.34. The summed E-state index contributed by atoms with van der Waals surface area (Å²) in [5.41, 5.74) is 1.30. The molecule has 4 heteroatoms. The summed E-state index contributed by atoms with van der Waals surface area (Å²) in [6, 6.07) is 3.91. The van der Waals surface area contributed by atoms with Crippen molar-refractivity contribution in [3.63, 3.8) is 0 Å². The molecule has 1 aromatic carbocycles. The number of hydrogen-bond acceptors (Lipinski definition) is 3. The molecule has 0 aromatic heterocycles. The molecule has 0 heterocycles. The molecule has 1 aromatic rings. The summed E-state index contributed by atoms with van der Waals surface area (Å²) in [5, 5.41) is 4.24. The quantitative estimate of drug-likeness (QED) is 0.771. The SMILES string of the molecule is CCC(CC)(CC)NCc1cc(Cl)c(OC)c(OC)c1. The fourth-order valence-corrected chi connectivity index (χ4v) is 2.80. The third-order valence-electron chi connectivity index (χ3n) is 4.19. The van der Waals surface area contributed by atoms with Gasteiger partial charge in [-0.2, -0.15) is 0 Å². The Morgan fingerprint density at radius 1 is 1.05 bits per heavy atom. The monoisotopic (exact) mass is 299 g/mol. The highest BCUT2D eigenvalue weighted by Gasteiger charge is 2.23. The van der Waals surface area contributed by atoms with E-state index in [9.17, 15) is 0 Å². The van der Waals surface area contributed by atoms with Crippen LogP contribution < -0.4 is 14.8 Å². The highest BCUT2D eigenvalue weighted by molar-refractivity contribution is 6.32. The topological polar surface area (TPSA) is 30.5 Å². The Labute approximate surface area is 127 Å². The lowest BCUT2D eigenvalue weighted by molar-refractivity contribution is 0.287. The second-order valence-electron chi connectivity index (χ2n) is 5.01. The van der Waals surface area contributed by atoms with Gasteiger partial charge in [0.1, 0.15) is 0 Å². The van der Waals surface area contributed by atoms with Gasteiger partial charge in [-0.25, -0.2) is 0 Å². The lowest BCUT2D eigenvalue weighted by Crippen LogP contribution is -2.43. The number of halogens is 1. The highest BCUT2D eigenvalue weighted by Crippen LogP contribution is 2.36. The molecule has 1 rings (SSSR count). The summed E-state index contributed by atoms with van der Waals surface area (Å²) >= 11 is 6.23. The molecule has 1 N–H and O–H groups in total. The Morgan fingerprint density at radius 2 is 1.65 bits per heavy atom. The van der Waals surface area contributed by atoms with Crippen molar-refractivity contribution in [3.05, 3.63) is 22.7 Å². The van der Waals surface area contributed by atoms with Crippen LogP contribution in [0.5, 0.6) is 11.5 Å². The van der Waals surface area contributed by atoms with Crippen molar-refractivity contribution in [3.8, 4) is 11.5 Å². The Hall–Kier alpha value is -0.930. The van der Waals surface area contributed by atoms with Gasteiger partial charge in [-0.05, 0) is 37.0 Å². The molecular weight excluding hydrogens is 274 g/mol. The first-order valence-corrected chi connectivity index (χ1v) is 7.59. The Bertz CT molecular complexity index is 422. The number of ether oxygens (including phenoxy) is 2. The van der Waals surface area contributed by atoms with Gasteiger partial charge in [0.05, 0.1) is 19.2 Å². The van der Waals surface area contributed by atoms with Crippen molar-refractivity contribution in [2.24, 2.45) is 0 Å². The third-order valence-corrected chi connectivity index (χ3v) is 4.47. The molecule has 0 aliphatic carbocycles. The van der Waals surface area contributed by atoms with E-state index in [-0.39, 0.29) is 5.54 Å². The maximum absolute atomic E-state index is 6.23. The van der Waals surface area contributed by atoms with Gasteiger partial charge in [-0.1, -0.05) is 32.4 Å². The van der Waals surface area contributed by atoms with E-state index in [0.29, 0.717) is 16.5 Å². The van der Waals surface area contributed by atoms with Crippen LogP contribution in [0, 0.1) is 0 Å². The average Bonchev–Trinajstić information content (AvgIpc) is 2.48. The van der Waals surface area contributed by atoms with Gasteiger partial charge >= 0.3 is 0 Å². The normalized spacial score (nSPS) is 11.5. The molecule has 0 radical (unpaired) electrons. The molecule has 114 valence electrons. The molecule has 0 aliphatic heterocycles. The molecule has 0 saturated carbocycles. The van der Waals surface area contributed by atoms with E-state index in [2.05, 4.69) is 26.1 Å². The van der Waals surface area contributed by atoms with Crippen molar-refractivity contribution >= 4 is 11.6 Å². The van der Waals surface area contributed by atoms with E-state index in [4.69, 9.17) is 21.1 Å². The van der Waals surface area contributed by atoms with Gasteiger partial charge in [-0.15, -0.1) is 0 Å². The zero-order valence-corrected chi connectivity index (χ0v) is 13.9. The van der Waals surface area contributed by atoms with Crippen LogP contribution >= 0.6 is 11.6 Å². The van der Waals surface area contributed by atoms with Crippen molar-refractivity contribution in [1.29, 1.82) is 0 Å². The summed E-state index contributed by atoms with van der Waals surface area (Å²) in [4.78, 5) is 0. The van der Waals surface area contributed by atoms with Crippen LogP contribution in [0.1, 0.15) is 45.6 Å². The molecule has 0 bridgehead atoms. The van der Waals surface area contributed by atoms with Crippen LogP contribution in [-0.4, -0.2) is 19.8 Å². The zero-order chi connectivity index (χ0) is 15.2. The van der Waals surface area contributed by atoms with Gasteiger partial charge < -0.3 is 14.8 Å². The van der Waals surface area contributed by atoms with Crippen LogP contribution in [0.2, 0.25) is 5.02 Å². The van der Waals surface area contributed by atoms with Gasteiger partial charge in [0, 0.05) is 12.1 Å². The van der Waals surface area contributed by atoms with Crippen LogP contribution in [0.25, 0.3) is 0 Å². The Balaban J connectivity index is 2.91. The molecular formula is C16H26ClNO2. The minimum absolute atomic E-state index is 0.194. The van der Waals surface area contributed by atoms with E-state index in [1.807, 2.05) is 12.1 Å². The first kappa shape index (κ1) is 17.1. The number of nitrogens with one attached hydrogen (secondary N) is 1. The summed E-state index contributed by atoms with van der Waals surface area (Å²) < 4.78 is 10.6. The van der Waals surface area contributed by atoms with E-state index in [1.54, 1.807) is 14.2 Å². The molecule has 20 heavy (non-hydrogen) atoms. The van der Waals surface area contributed by atoms with Crippen LogP contribution in [-0.2, 0) is 6.54 Å². The van der Waals surface area contributed by atoms with E-state index >= 15 is 0 Å². The second-order valence-corrected chi connectivity index (χ2v) is 5.41. The first-order chi connectivity index (χ1) is 9.55. The fourth-order valence-electron chi connectivity index (χ4n) is 2.49. The second kappa shape index (κ2) is 7.75. The number of methoxy groups -OCH3 is 2. The zero-order valence-electron chi connectivity index (χ0n) is 13.2. The molecule has 0 aliphatic rings. The van der Waals surface area contributed by atoms with Crippen LogP contribution in [0.15, 0.2) is 12.1 Å². The Morgan fingerprint density at radius 3 is 2.10 bits per heavy atom. The smallest absolute Gasteiger partial charge is 0.179 e. The van der Waals surface area contributed by atoms with Gasteiger partial charge in [-0.3, -0.25) is 0 Å². The lowest BCUT2D eigenvalue weighted by atomic mass is 9.89. The van der Waals surface area contributed by atoms with Crippen molar-refractivity contribution in [1.82, 2.24) is 5.32 Å². The van der Waals surface area contributed by atoms with E-state index in [0.717, 1.165) is 31.4 Å². The van der Waals surface area contributed by atoms with Gasteiger partial charge in [0.25, 0.3) is 0 Å². The summed E-state index contributed by atoms with van der Waals surface area (Å²) in [7, 11) is 3.22. The van der Waals surface area contributed by atoms with Crippen LogP contribution in [0.3, 0.4) is 0 Å². The molecule has 0 atom stereocenters. The summed E-state index contributed by atoms with van der Waals surface area (Å²) in [6.45, 7) is 7.44. The van der Waals surface area contributed by atoms with Crippen molar-refractivity contribution < 1.29 is 9.47 Å². The Kier molecular flexibility index (Phi) is 6.63. The molecule has 3 nitrogen and oxygen atoms in total. The first-order valence-electron chi connectivity index (χ1n) is 7.21. The lowest BCUT2D eigenvalue weighted by Gasteiger charge is -2.32. The predicted octanol–water partition coefficient (Wildman–Crippen LogP) is 4.42. The molecule has 0 fully saturated rings. The molecule has 0 amide bonds. The minimum atomic E-state index is 0.194. The van der Waals surface area contributed by atoms with E-state index in [1.165, 1.54) is 0 Å². The maximum Gasteiger partial charge on any atom is 0.179 e. The summed E-state index contributed by atoms with van der Waals surface area (Å²) in [5.74, 6) is 1.26. The minimum Gasteiger partial charge on any atom is -0.493 e. The average molecular weight is 300 g/mol.